The summed E-state index contributed by atoms with van der Waals surface area (Å²) in [6.45, 7) is 8.96. The predicted molar refractivity (Wildman–Crippen MR) is 57.2 cm³/mol. The minimum atomic E-state index is 0. The first-order valence-corrected chi connectivity index (χ1v) is 5.93. The van der Waals surface area contributed by atoms with E-state index in [4.69, 9.17) is 0 Å². The van der Waals surface area contributed by atoms with Gasteiger partial charge < -0.3 is 50.9 Å². The molecule has 0 aromatic heterocycles. The van der Waals surface area contributed by atoms with Gasteiger partial charge in [0.05, 0.1) is 0 Å². The minimum absolute atomic E-state index is 0. The summed E-state index contributed by atoms with van der Waals surface area (Å²) in [6, 6.07) is 0. The van der Waals surface area contributed by atoms with Gasteiger partial charge in [-0.1, -0.05) is 0 Å². The van der Waals surface area contributed by atoms with Crippen LogP contribution in [0.4, 0.5) is 0 Å². The van der Waals surface area contributed by atoms with Gasteiger partial charge in [-0.2, -0.15) is 0 Å². The van der Waals surface area contributed by atoms with Crippen molar-refractivity contribution in [2.75, 3.05) is 0 Å². The van der Waals surface area contributed by atoms with Crippen LogP contribution in [-0.4, -0.2) is 0 Å². The Morgan fingerprint density at radius 2 is 1.29 bits per heavy atom. The molecule has 92 valence electrons. The molecule has 0 amide bonds. The van der Waals surface area contributed by atoms with E-state index in [1.54, 1.807) is 5.56 Å². The summed E-state index contributed by atoms with van der Waals surface area (Å²) in [5.41, 5.74) is 8.89. The van der Waals surface area contributed by atoms with Crippen LogP contribution in [0.5, 0.6) is 0 Å². The zero-order valence-corrected chi connectivity index (χ0v) is 16.7. The van der Waals surface area contributed by atoms with Gasteiger partial charge in [0.25, 0.3) is 0 Å². The van der Waals surface area contributed by atoms with Crippen LogP contribution < -0.4 is 50.9 Å². The summed E-state index contributed by atoms with van der Waals surface area (Å²) < 4.78 is 0.600. The zero-order chi connectivity index (χ0) is 10.5. The third-order valence-corrected chi connectivity index (χ3v) is 4.30. The van der Waals surface area contributed by atoms with Crippen molar-refractivity contribution in [2.24, 2.45) is 0 Å². The molecule has 2 rings (SSSR count). The van der Waals surface area contributed by atoms with E-state index >= 15 is 0 Å². The van der Waals surface area contributed by atoms with Crippen LogP contribution in [0.2, 0.25) is 0 Å². The Labute approximate surface area is 147 Å². The van der Waals surface area contributed by atoms with Gasteiger partial charge in [0, 0.05) is 0 Å². The average Bonchev–Trinajstić information content (AvgIpc) is 2.54. The Morgan fingerprint density at radius 3 is 1.82 bits per heavy atom. The molecular formula is C13H15Br3Ti. The number of allylic oxidation sites excluding steroid dienone is 1. The molecule has 0 N–H and O–H groups in total. The van der Waals surface area contributed by atoms with Gasteiger partial charge in [0.15, 0.2) is 0 Å². The Bertz CT molecular complexity index is 439. The van der Waals surface area contributed by atoms with E-state index in [-0.39, 0.29) is 50.9 Å². The quantitative estimate of drug-likeness (QED) is 0.341. The van der Waals surface area contributed by atoms with Gasteiger partial charge in [0.1, 0.15) is 0 Å². The van der Waals surface area contributed by atoms with Gasteiger partial charge >= 0.3 is 97.9 Å². The number of halogens is 3. The number of hydrogen-bond acceptors (Lipinski definition) is 0. The third kappa shape index (κ3) is 3.36. The van der Waals surface area contributed by atoms with Crippen LogP contribution in [0.3, 0.4) is 0 Å². The molecule has 0 saturated heterocycles. The second-order valence-electron chi connectivity index (χ2n) is 4.16. The molecule has 0 saturated carbocycles. The molecule has 1 aliphatic carbocycles. The van der Waals surface area contributed by atoms with Gasteiger partial charge in [-0.15, -0.1) is 0 Å². The summed E-state index contributed by atoms with van der Waals surface area (Å²) in [4.78, 5) is 0. The van der Waals surface area contributed by atoms with Crippen molar-refractivity contribution >= 4 is 6.08 Å². The maximum absolute atomic E-state index is 2.31. The molecule has 4 heteroatoms. The SMILES string of the molecule is Cc1c(C)c(C)c2c(c1C)C=C[CH]2[Ti+3].[Br-].[Br-].[Br-]. The molecule has 1 aromatic carbocycles. The van der Waals surface area contributed by atoms with Crippen LogP contribution in [0.1, 0.15) is 37.6 Å². The molecule has 0 fully saturated rings. The molecule has 1 aliphatic rings. The Morgan fingerprint density at radius 1 is 0.824 bits per heavy atom. The molecule has 1 aromatic rings. The molecule has 0 bridgehead atoms. The van der Waals surface area contributed by atoms with Crippen molar-refractivity contribution in [1.82, 2.24) is 0 Å². The monoisotopic (exact) mass is 456 g/mol. The predicted octanol–water partition coefficient (Wildman–Crippen LogP) is -5.45. The molecule has 0 heterocycles. The first-order chi connectivity index (χ1) is 6.54. The zero-order valence-electron chi connectivity index (χ0n) is 10.4. The van der Waals surface area contributed by atoms with Crippen molar-refractivity contribution in [1.29, 1.82) is 0 Å². The Hall–Kier alpha value is 1.11. The van der Waals surface area contributed by atoms with E-state index in [9.17, 15) is 0 Å². The van der Waals surface area contributed by atoms with Gasteiger partial charge in [0.2, 0.25) is 0 Å². The van der Waals surface area contributed by atoms with Crippen LogP contribution in [0.25, 0.3) is 6.08 Å². The Balaban J connectivity index is 0. The fourth-order valence-corrected chi connectivity index (χ4v) is 3.01. The van der Waals surface area contributed by atoms with E-state index in [0.29, 0.717) is 4.22 Å². The topological polar surface area (TPSA) is 0 Å². The van der Waals surface area contributed by atoms with Crippen molar-refractivity contribution < 1.29 is 71.4 Å². The molecule has 0 radical (unpaired) electrons. The molecule has 1 atom stereocenters. The summed E-state index contributed by atoms with van der Waals surface area (Å²) in [5, 5.41) is 0. The van der Waals surface area contributed by atoms with Crippen LogP contribution in [0, 0.1) is 27.7 Å². The van der Waals surface area contributed by atoms with E-state index in [0.717, 1.165) is 0 Å². The standard InChI is InChI=1S/C13H15.3BrH.Ti/c1-8-9(2)11(4)13-7-5-6-12(13)10(8)3;;;;/h5-7H,1-4H3;3*1H;/q;;;;+3/p-3. The van der Waals surface area contributed by atoms with Gasteiger partial charge in [-0.05, 0) is 0 Å². The minimum Gasteiger partial charge on any atom is -1.00 e. The Kier molecular flexibility index (Phi) is 9.19. The number of fused-ring (bicyclic) bond motifs is 1. The van der Waals surface area contributed by atoms with E-state index in [1.165, 1.54) is 27.8 Å². The summed E-state index contributed by atoms with van der Waals surface area (Å²) in [7, 11) is 0. The van der Waals surface area contributed by atoms with E-state index in [2.05, 4.69) is 60.3 Å². The molecule has 1 unspecified atom stereocenters. The molecular weight excluding hydrogens is 444 g/mol. The second-order valence-corrected chi connectivity index (χ2v) is 5.14. The van der Waals surface area contributed by atoms with E-state index in [1.807, 2.05) is 0 Å². The van der Waals surface area contributed by atoms with Gasteiger partial charge in [-0.25, -0.2) is 0 Å². The number of benzene rings is 1. The number of hydrogen-bond donors (Lipinski definition) is 0. The van der Waals surface area contributed by atoms with Crippen LogP contribution in [0.15, 0.2) is 6.08 Å². The van der Waals surface area contributed by atoms with E-state index < -0.39 is 0 Å². The summed E-state index contributed by atoms with van der Waals surface area (Å²) >= 11 is 2.28. The maximum Gasteiger partial charge on any atom is -1.00 e. The van der Waals surface area contributed by atoms with Gasteiger partial charge in [-0.3, -0.25) is 0 Å². The molecule has 17 heavy (non-hydrogen) atoms. The van der Waals surface area contributed by atoms with Crippen molar-refractivity contribution in [2.45, 2.75) is 31.9 Å². The third-order valence-electron chi connectivity index (χ3n) is 3.55. The average molecular weight is 459 g/mol. The van der Waals surface area contributed by atoms with Crippen molar-refractivity contribution in [3.05, 3.63) is 39.5 Å². The molecule has 0 aliphatic heterocycles. The van der Waals surface area contributed by atoms with Crippen molar-refractivity contribution in [3.8, 4) is 0 Å². The fourth-order valence-electron chi connectivity index (χ4n) is 2.27. The first kappa shape index (κ1) is 20.4. The summed E-state index contributed by atoms with van der Waals surface area (Å²) in [5.74, 6) is 0. The largest absolute Gasteiger partial charge is 1.00 e. The normalized spacial score (nSPS) is 15.5. The second kappa shape index (κ2) is 7.64. The van der Waals surface area contributed by atoms with Crippen LogP contribution in [-0.2, 0) is 20.4 Å². The fraction of sp³-hybridized carbons (Fsp3) is 0.385. The van der Waals surface area contributed by atoms with Crippen LogP contribution >= 0.6 is 0 Å². The maximum atomic E-state index is 2.31. The molecule has 0 nitrogen and oxygen atoms in total. The first-order valence-electron chi connectivity index (χ1n) is 5.03. The summed E-state index contributed by atoms with van der Waals surface area (Å²) in [6.07, 6.45) is 4.60. The smallest absolute Gasteiger partial charge is 1.00 e. The number of rotatable bonds is 0. The van der Waals surface area contributed by atoms with Crippen molar-refractivity contribution in [3.63, 3.8) is 0 Å². The molecule has 0 spiro atoms.